The Morgan fingerprint density at radius 1 is 1.13 bits per heavy atom. The molecule has 166 valence electrons. The minimum absolute atomic E-state index is 0.0166. The summed E-state index contributed by atoms with van der Waals surface area (Å²) >= 11 is 0. The molecule has 0 unspecified atom stereocenters. The first-order chi connectivity index (χ1) is 14.8. The van der Waals surface area contributed by atoms with Crippen LogP contribution in [0.25, 0.3) is 0 Å². The summed E-state index contributed by atoms with van der Waals surface area (Å²) in [6.07, 6.45) is 0.0166. The van der Waals surface area contributed by atoms with Crippen LogP contribution in [0.3, 0.4) is 0 Å². The molecule has 0 saturated carbocycles. The molecular weight excluding hydrogens is 399 g/mol. The molecule has 0 bridgehead atoms. The van der Waals surface area contributed by atoms with Crippen molar-refractivity contribution < 1.29 is 23.5 Å². The Hall–Kier alpha value is -3.09. The molecule has 0 radical (unpaired) electrons. The van der Waals surface area contributed by atoms with Crippen LogP contribution >= 0.6 is 0 Å². The summed E-state index contributed by atoms with van der Waals surface area (Å²) in [6.45, 7) is 8.85. The highest BCUT2D eigenvalue weighted by molar-refractivity contribution is 6.01. The van der Waals surface area contributed by atoms with Gasteiger partial charge in [0.2, 0.25) is 11.8 Å². The van der Waals surface area contributed by atoms with Crippen molar-refractivity contribution in [3.05, 3.63) is 53.3 Å². The van der Waals surface area contributed by atoms with Gasteiger partial charge in [0.15, 0.2) is 11.5 Å². The predicted molar refractivity (Wildman–Crippen MR) is 117 cm³/mol. The number of amides is 2. The molecule has 3 rings (SSSR count). The highest BCUT2D eigenvalue weighted by Gasteiger charge is 2.33. The van der Waals surface area contributed by atoms with Gasteiger partial charge in [-0.15, -0.1) is 0 Å². The van der Waals surface area contributed by atoms with Crippen LogP contribution in [0.1, 0.15) is 57.2 Å². The Morgan fingerprint density at radius 3 is 2.52 bits per heavy atom. The summed E-state index contributed by atoms with van der Waals surface area (Å²) in [5, 5.41) is 5.73. The lowest BCUT2D eigenvalue weighted by atomic mass is 9.88. The van der Waals surface area contributed by atoms with E-state index in [1.54, 1.807) is 6.07 Å². The molecule has 0 spiro atoms. The van der Waals surface area contributed by atoms with Gasteiger partial charge in [-0.25, -0.2) is 4.39 Å². The topological polar surface area (TPSA) is 76.7 Å². The van der Waals surface area contributed by atoms with Crippen molar-refractivity contribution in [1.82, 2.24) is 5.32 Å². The van der Waals surface area contributed by atoms with Gasteiger partial charge >= 0.3 is 0 Å². The van der Waals surface area contributed by atoms with Gasteiger partial charge < -0.3 is 20.1 Å². The first-order valence-corrected chi connectivity index (χ1v) is 10.6. The third-order valence-corrected chi connectivity index (χ3v) is 5.26. The third kappa shape index (κ3) is 5.16. The van der Waals surface area contributed by atoms with Crippen molar-refractivity contribution in [1.29, 1.82) is 0 Å². The van der Waals surface area contributed by atoms with Gasteiger partial charge in [0.1, 0.15) is 5.82 Å². The van der Waals surface area contributed by atoms with E-state index in [9.17, 15) is 14.0 Å². The van der Waals surface area contributed by atoms with E-state index in [-0.39, 0.29) is 30.2 Å². The second-order valence-corrected chi connectivity index (χ2v) is 7.84. The Kier molecular flexibility index (Phi) is 7.15. The summed E-state index contributed by atoms with van der Waals surface area (Å²) in [6, 6.07) is 9.45. The number of benzene rings is 2. The highest BCUT2D eigenvalue weighted by Crippen LogP contribution is 2.36. The zero-order valence-electron chi connectivity index (χ0n) is 18.3. The number of hydrogen-bond donors (Lipinski definition) is 2. The number of fused-ring (bicyclic) bond motifs is 1. The summed E-state index contributed by atoms with van der Waals surface area (Å²) in [4.78, 5) is 25.3. The lowest BCUT2D eigenvalue weighted by Gasteiger charge is -2.29. The molecule has 0 aliphatic carbocycles. The molecule has 2 aromatic rings. The van der Waals surface area contributed by atoms with Crippen molar-refractivity contribution in [3.8, 4) is 11.5 Å². The van der Waals surface area contributed by atoms with Crippen LogP contribution in [-0.4, -0.2) is 25.0 Å². The minimum atomic E-state index is -0.681. The maximum atomic E-state index is 13.6. The maximum absolute atomic E-state index is 13.6. The molecule has 2 atom stereocenters. The fourth-order valence-corrected chi connectivity index (χ4v) is 3.82. The van der Waals surface area contributed by atoms with Gasteiger partial charge in [0.25, 0.3) is 0 Å². The number of halogens is 1. The van der Waals surface area contributed by atoms with Crippen LogP contribution in [0.5, 0.6) is 11.5 Å². The van der Waals surface area contributed by atoms with Crippen LogP contribution in [0, 0.1) is 11.7 Å². The first kappa shape index (κ1) is 22.6. The van der Waals surface area contributed by atoms with E-state index in [1.165, 1.54) is 12.1 Å². The minimum Gasteiger partial charge on any atom is -0.490 e. The second-order valence-electron chi connectivity index (χ2n) is 7.84. The Bertz CT molecular complexity index is 961. The van der Waals surface area contributed by atoms with Gasteiger partial charge in [-0.1, -0.05) is 26.0 Å². The molecule has 2 N–H and O–H groups in total. The monoisotopic (exact) mass is 428 g/mol. The van der Waals surface area contributed by atoms with E-state index < -0.39 is 11.7 Å². The van der Waals surface area contributed by atoms with Gasteiger partial charge in [-0.2, -0.15) is 0 Å². The van der Waals surface area contributed by atoms with E-state index in [2.05, 4.69) is 10.6 Å². The molecule has 0 saturated heterocycles. The number of rotatable bonds is 8. The molecule has 1 heterocycles. The summed E-state index contributed by atoms with van der Waals surface area (Å²) in [7, 11) is 0. The molecule has 0 fully saturated rings. The number of anilines is 1. The Balaban J connectivity index is 1.88. The standard InChI is InChI=1S/C24H29FN2O4/c1-5-30-20-10-7-15(11-21(20)31-6-2)23(14(3)4)27-24(29)18-13-22(28)26-19-12-16(25)8-9-17(18)19/h7-12,14,18,23H,5-6,13H2,1-4H3,(H,26,28)(H,27,29)/t18-,23+/m1/s1. The van der Waals surface area contributed by atoms with Gasteiger partial charge in [-0.05, 0) is 55.2 Å². The van der Waals surface area contributed by atoms with Crippen molar-refractivity contribution in [2.75, 3.05) is 18.5 Å². The first-order valence-electron chi connectivity index (χ1n) is 10.6. The number of carbonyl (C=O) groups is 2. The quantitative estimate of drug-likeness (QED) is 0.646. The Morgan fingerprint density at radius 2 is 1.84 bits per heavy atom. The SMILES string of the molecule is CCOc1ccc([C@@H](NC(=O)[C@@H]2CC(=O)Nc3cc(F)ccc32)C(C)C)cc1OCC. The van der Waals surface area contributed by atoms with E-state index in [0.29, 0.717) is 36.0 Å². The lowest BCUT2D eigenvalue weighted by Crippen LogP contribution is -2.38. The fourth-order valence-electron chi connectivity index (χ4n) is 3.82. The van der Waals surface area contributed by atoms with E-state index in [4.69, 9.17) is 9.47 Å². The van der Waals surface area contributed by atoms with E-state index in [0.717, 1.165) is 5.56 Å². The average molecular weight is 429 g/mol. The number of carbonyl (C=O) groups excluding carboxylic acids is 2. The smallest absolute Gasteiger partial charge is 0.228 e. The maximum Gasteiger partial charge on any atom is 0.228 e. The van der Waals surface area contributed by atoms with Crippen LogP contribution in [0.4, 0.5) is 10.1 Å². The van der Waals surface area contributed by atoms with Crippen molar-refractivity contribution in [2.45, 2.75) is 46.1 Å². The Labute approximate surface area is 182 Å². The van der Waals surface area contributed by atoms with Crippen LogP contribution in [0.15, 0.2) is 36.4 Å². The van der Waals surface area contributed by atoms with Gasteiger partial charge in [0, 0.05) is 12.1 Å². The summed E-state index contributed by atoms with van der Waals surface area (Å²) in [5.41, 5.74) is 1.84. The molecule has 6 nitrogen and oxygen atoms in total. The molecule has 2 amide bonds. The summed E-state index contributed by atoms with van der Waals surface area (Å²) in [5.74, 6) is -0.354. The van der Waals surface area contributed by atoms with Crippen LogP contribution in [0.2, 0.25) is 0 Å². The number of hydrogen-bond acceptors (Lipinski definition) is 4. The third-order valence-electron chi connectivity index (χ3n) is 5.26. The molecule has 1 aliphatic heterocycles. The number of ether oxygens (including phenoxy) is 2. The van der Waals surface area contributed by atoms with Gasteiger partial charge in [-0.3, -0.25) is 9.59 Å². The predicted octanol–water partition coefficient (Wildman–Crippen LogP) is 4.56. The van der Waals surface area contributed by atoms with Crippen molar-refractivity contribution >= 4 is 17.5 Å². The van der Waals surface area contributed by atoms with E-state index >= 15 is 0 Å². The zero-order valence-corrected chi connectivity index (χ0v) is 18.3. The highest BCUT2D eigenvalue weighted by atomic mass is 19.1. The van der Waals surface area contributed by atoms with Crippen molar-refractivity contribution in [2.24, 2.45) is 5.92 Å². The lowest BCUT2D eigenvalue weighted by molar-refractivity contribution is -0.127. The molecule has 7 heteroatoms. The average Bonchev–Trinajstić information content (AvgIpc) is 2.72. The fraction of sp³-hybridized carbons (Fsp3) is 0.417. The largest absolute Gasteiger partial charge is 0.490 e. The zero-order chi connectivity index (χ0) is 22.5. The van der Waals surface area contributed by atoms with E-state index in [1.807, 2.05) is 45.9 Å². The molecule has 1 aliphatic rings. The second kappa shape index (κ2) is 9.81. The normalized spacial score (nSPS) is 16.3. The van der Waals surface area contributed by atoms with Gasteiger partial charge in [0.05, 0.1) is 25.2 Å². The molecule has 2 aromatic carbocycles. The molecule has 0 aromatic heterocycles. The van der Waals surface area contributed by atoms with Crippen LogP contribution < -0.4 is 20.1 Å². The number of nitrogens with one attached hydrogen (secondary N) is 2. The molecule has 31 heavy (non-hydrogen) atoms. The van der Waals surface area contributed by atoms with Crippen molar-refractivity contribution in [3.63, 3.8) is 0 Å². The van der Waals surface area contributed by atoms with Crippen LogP contribution in [-0.2, 0) is 9.59 Å². The molecular formula is C24H29FN2O4. The summed E-state index contributed by atoms with van der Waals surface area (Å²) < 4.78 is 25.0.